The van der Waals surface area contributed by atoms with Gasteiger partial charge in [0.1, 0.15) is 5.82 Å². The molecular weight excluding hydrogens is 409 g/mol. The number of nitrogens with zero attached hydrogens (tertiary/aromatic N) is 2. The number of rotatable bonds is 6. The summed E-state index contributed by atoms with van der Waals surface area (Å²) in [5, 5.41) is 3.02. The Morgan fingerprint density at radius 3 is 2.25 bits per heavy atom. The molecule has 2 aromatic rings. The fraction of sp³-hybridized carbons (Fsp3) is 0.440. The molecule has 0 aromatic heterocycles. The number of halogens is 1. The quantitative estimate of drug-likeness (QED) is 0.751. The van der Waals surface area contributed by atoms with E-state index in [1.165, 1.54) is 29.8 Å². The van der Waals surface area contributed by atoms with E-state index in [4.69, 9.17) is 4.74 Å². The van der Waals surface area contributed by atoms with Crippen LogP contribution in [0.15, 0.2) is 48.5 Å². The molecule has 0 radical (unpaired) electrons. The highest BCUT2D eigenvalue weighted by molar-refractivity contribution is 5.95. The SMILES string of the molecule is O=C(Nc1ccc(CCN2CCOCC2)cc1)C1CCN(C(=O)c2ccc(F)cc2)CC1. The van der Waals surface area contributed by atoms with Gasteiger partial charge in [-0.05, 0) is 61.2 Å². The first-order chi connectivity index (χ1) is 15.6. The van der Waals surface area contributed by atoms with E-state index in [0.29, 0.717) is 31.5 Å². The van der Waals surface area contributed by atoms with Crippen molar-refractivity contribution >= 4 is 17.5 Å². The maximum atomic E-state index is 13.1. The second kappa shape index (κ2) is 10.7. The number of likely N-dealkylation sites (tertiary alicyclic amines) is 1. The van der Waals surface area contributed by atoms with E-state index in [0.717, 1.165) is 45.0 Å². The lowest BCUT2D eigenvalue weighted by atomic mass is 9.95. The number of anilines is 1. The van der Waals surface area contributed by atoms with Crippen LogP contribution in [0.4, 0.5) is 10.1 Å². The van der Waals surface area contributed by atoms with Crippen LogP contribution < -0.4 is 5.32 Å². The molecular formula is C25H30FN3O3. The van der Waals surface area contributed by atoms with Gasteiger partial charge in [0.05, 0.1) is 13.2 Å². The molecule has 2 heterocycles. The molecule has 2 aliphatic rings. The third-order valence-corrected chi connectivity index (χ3v) is 6.29. The lowest BCUT2D eigenvalue weighted by Crippen LogP contribution is -2.41. The van der Waals surface area contributed by atoms with Crippen LogP contribution in [0.5, 0.6) is 0 Å². The number of nitrogens with one attached hydrogen (secondary N) is 1. The predicted octanol–water partition coefficient (Wildman–Crippen LogP) is 3.19. The molecule has 0 spiro atoms. The Hall–Kier alpha value is -2.77. The molecule has 32 heavy (non-hydrogen) atoms. The first kappa shape index (κ1) is 22.4. The summed E-state index contributed by atoms with van der Waals surface area (Å²) in [4.78, 5) is 29.4. The smallest absolute Gasteiger partial charge is 0.253 e. The molecule has 0 saturated carbocycles. The average Bonchev–Trinajstić information content (AvgIpc) is 2.84. The van der Waals surface area contributed by atoms with E-state index in [9.17, 15) is 14.0 Å². The normalized spacial score (nSPS) is 17.8. The van der Waals surface area contributed by atoms with Gasteiger partial charge in [-0.15, -0.1) is 0 Å². The van der Waals surface area contributed by atoms with E-state index in [2.05, 4.69) is 22.3 Å². The monoisotopic (exact) mass is 439 g/mol. The van der Waals surface area contributed by atoms with Gasteiger partial charge in [-0.1, -0.05) is 12.1 Å². The summed E-state index contributed by atoms with van der Waals surface area (Å²) in [6.07, 6.45) is 2.22. The highest BCUT2D eigenvalue weighted by Gasteiger charge is 2.28. The van der Waals surface area contributed by atoms with Crippen molar-refractivity contribution in [2.45, 2.75) is 19.3 Å². The molecule has 0 aliphatic carbocycles. The van der Waals surface area contributed by atoms with Crippen LogP contribution >= 0.6 is 0 Å². The van der Waals surface area contributed by atoms with Crippen LogP contribution in [0.1, 0.15) is 28.8 Å². The average molecular weight is 440 g/mol. The lowest BCUT2D eigenvalue weighted by molar-refractivity contribution is -0.121. The van der Waals surface area contributed by atoms with Crippen molar-refractivity contribution in [3.05, 3.63) is 65.5 Å². The predicted molar refractivity (Wildman–Crippen MR) is 121 cm³/mol. The Labute approximate surface area is 188 Å². The Bertz CT molecular complexity index is 903. The van der Waals surface area contributed by atoms with E-state index in [-0.39, 0.29) is 23.5 Å². The fourth-order valence-corrected chi connectivity index (χ4v) is 4.23. The molecule has 1 N–H and O–H groups in total. The maximum Gasteiger partial charge on any atom is 0.253 e. The van der Waals surface area contributed by atoms with Crippen molar-refractivity contribution in [3.8, 4) is 0 Å². The molecule has 7 heteroatoms. The van der Waals surface area contributed by atoms with Crippen LogP contribution in [0.25, 0.3) is 0 Å². The number of carbonyl (C=O) groups excluding carboxylic acids is 2. The molecule has 2 fully saturated rings. The zero-order chi connectivity index (χ0) is 22.3. The number of hydrogen-bond acceptors (Lipinski definition) is 4. The summed E-state index contributed by atoms with van der Waals surface area (Å²) in [5.74, 6) is -0.591. The standard InChI is InChI=1S/C25H30FN3O3/c26-22-5-3-21(4-6-22)25(31)29-13-10-20(11-14-29)24(30)27-23-7-1-19(2-8-23)9-12-28-15-17-32-18-16-28/h1-8,20H,9-18H2,(H,27,30). The summed E-state index contributed by atoms with van der Waals surface area (Å²) in [6.45, 7) is 5.66. The van der Waals surface area contributed by atoms with Gasteiger partial charge >= 0.3 is 0 Å². The highest BCUT2D eigenvalue weighted by atomic mass is 19.1. The fourth-order valence-electron chi connectivity index (χ4n) is 4.23. The Morgan fingerprint density at radius 1 is 0.938 bits per heavy atom. The molecule has 0 bridgehead atoms. The van der Waals surface area contributed by atoms with Crippen LogP contribution in [-0.4, -0.2) is 67.6 Å². The van der Waals surface area contributed by atoms with Gasteiger partial charge in [0.15, 0.2) is 0 Å². The number of benzene rings is 2. The van der Waals surface area contributed by atoms with E-state index < -0.39 is 0 Å². The molecule has 170 valence electrons. The Balaban J connectivity index is 1.22. The van der Waals surface area contributed by atoms with Crippen LogP contribution in [-0.2, 0) is 16.0 Å². The topological polar surface area (TPSA) is 61.9 Å². The minimum Gasteiger partial charge on any atom is -0.379 e. The number of carbonyl (C=O) groups is 2. The van der Waals surface area contributed by atoms with Crippen molar-refractivity contribution in [1.29, 1.82) is 0 Å². The summed E-state index contributed by atoms with van der Waals surface area (Å²) in [6, 6.07) is 13.6. The van der Waals surface area contributed by atoms with E-state index >= 15 is 0 Å². The lowest BCUT2D eigenvalue weighted by Gasteiger charge is -2.31. The number of ether oxygens (including phenoxy) is 1. The summed E-state index contributed by atoms with van der Waals surface area (Å²) in [7, 11) is 0. The first-order valence-corrected chi connectivity index (χ1v) is 11.3. The zero-order valence-corrected chi connectivity index (χ0v) is 18.3. The van der Waals surface area contributed by atoms with Crippen LogP contribution in [0.3, 0.4) is 0 Å². The van der Waals surface area contributed by atoms with Crippen molar-refractivity contribution in [3.63, 3.8) is 0 Å². The molecule has 0 atom stereocenters. The van der Waals surface area contributed by atoms with Crippen LogP contribution in [0, 0.1) is 11.7 Å². The van der Waals surface area contributed by atoms with Crippen molar-refractivity contribution < 1.29 is 18.7 Å². The molecule has 2 aliphatic heterocycles. The van der Waals surface area contributed by atoms with Gasteiger partial charge in [0.2, 0.25) is 5.91 Å². The second-order valence-electron chi connectivity index (χ2n) is 8.46. The van der Waals surface area contributed by atoms with Gasteiger partial charge in [-0.25, -0.2) is 4.39 Å². The largest absolute Gasteiger partial charge is 0.379 e. The van der Waals surface area contributed by atoms with E-state index in [1.54, 1.807) is 4.90 Å². The van der Waals surface area contributed by atoms with Crippen molar-refractivity contribution in [1.82, 2.24) is 9.80 Å². The first-order valence-electron chi connectivity index (χ1n) is 11.3. The molecule has 0 unspecified atom stereocenters. The number of morpholine rings is 1. The second-order valence-corrected chi connectivity index (χ2v) is 8.46. The van der Waals surface area contributed by atoms with Gasteiger partial charge in [0.25, 0.3) is 5.91 Å². The number of amides is 2. The minimum atomic E-state index is -0.359. The summed E-state index contributed by atoms with van der Waals surface area (Å²) >= 11 is 0. The molecule has 2 aromatic carbocycles. The highest BCUT2D eigenvalue weighted by Crippen LogP contribution is 2.21. The maximum absolute atomic E-state index is 13.1. The van der Waals surface area contributed by atoms with Gasteiger partial charge in [0, 0.05) is 49.9 Å². The molecule has 6 nitrogen and oxygen atoms in total. The van der Waals surface area contributed by atoms with E-state index in [1.807, 2.05) is 12.1 Å². The van der Waals surface area contributed by atoms with Gasteiger partial charge < -0.3 is 15.0 Å². The molecule has 4 rings (SSSR count). The Kier molecular flexibility index (Phi) is 7.50. The third-order valence-electron chi connectivity index (χ3n) is 6.29. The molecule has 2 saturated heterocycles. The van der Waals surface area contributed by atoms with Crippen LogP contribution in [0.2, 0.25) is 0 Å². The summed E-state index contributed by atoms with van der Waals surface area (Å²) < 4.78 is 18.5. The summed E-state index contributed by atoms with van der Waals surface area (Å²) in [5.41, 5.74) is 2.53. The number of hydrogen-bond donors (Lipinski definition) is 1. The number of piperidine rings is 1. The Morgan fingerprint density at radius 2 is 1.59 bits per heavy atom. The van der Waals surface area contributed by atoms with Crippen molar-refractivity contribution in [2.24, 2.45) is 5.92 Å². The minimum absolute atomic E-state index is 0.0000482. The third kappa shape index (κ3) is 5.93. The van der Waals surface area contributed by atoms with Gasteiger partial charge in [-0.2, -0.15) is 0 Å². The van der Waals surface area contributed by atoms with Gasteiger partial charge in [-0.3, -0.25) is 14.5 Å². The van der Waals surface area contributed by atoms with Crippen molar-refractivity contribution in [2.75, 3.05) is 51.3 Å². The zero-order valence-electron chi connectivity index (χ0n) is 18.3. The molecule has 2 amide bonds.